The Bertz CT molecular complexity index is 415. The van der Waals surface area contributed by atoms with E-state index in [4.69, 9.17) is 11.6 Å². The second-order valence-electron chi connectivity index (χ2n) is 5.39. The first-order valence-corrected chi connectivity index (χ1v) is 6.73. The molecule has 100 valence electrons. The molecular formula is C13H19ClFN3. The monoisotopic (exact) mass is 271 g/mol. The van der Waals surface area contributed by atoms with E-state index in [0.717, 1.165) is 17.9 Å². The first-order valence-electron chi connectivity index (χ1n) is 6.35. The van der Waals surface area contributed by atoms with Crippen LogP contribution in [0, 0.1) is 5.92 Å². The summed E-state index contributed by atoms with van der Waals surface area (Å²) in [6.45, 7) is 7.86. The van der Waals surface area contributed by atoms with Crippen molar-refractivity contribution in [3.63, 3.8) is 0 Å². The SMILES string of the molecule is CC(C)c1ncc(CN2CC(F)[C@H](C)C2)c(Cl)n1. The van der Waals surface area contributed by atoms with Gasteiger partial charge in [0.25, 0.3) is 0 Å². The van der Waals surface area contributed by atoms with Crippen LogP contribution >= 0.6 is 11.6 Å². The van der Waals surface area contributed by atoms with Gasteiger partial charge in [0, 0.05) is 43.2 Å². The lowest BCUT2D eigenvalue weighted by molar-refractivity contribution is 0.273. The zero-order valence-electron chi connectivity index (χ0n) is 11.0. The lowest BCUT2D eigenvalue weighted by Gasteiger charge is -2.15. The minimum Gasteiger partial charge on any atom is -0.296 e. The number of rotatable bonds is 3. The maximum absolute atomic E-state index is 13.4. The van der Waals surface area contributed by atoms with Crippen LogP contribution in [0.1, 0.15) is 38.1 Å². The molecule has 1 aliphatic rings. The highest BCUT2D eigenvalue weighted by molar-refractivity contribution is 6.30. The van der Waals surface area contributed by atoms with E-state index >= 15 is 0 Å². The van der Waals surface area contributed by atoms with Gasteiger partial charge in [0.1, 0.15) is 17.1 Å². The third kappa shape index (κ3) is 2.98. The quantitative estimate of drug-likeness (QED) is 0.792. The van der Waals surface area contributed by atoms with Crippen LogP contribution < -0.4 is 0 Å². The molecule has 1 aromatic heterocycles. The molecule has 0 radical (unpaired) electrons. The topological polar surface area (TPSA) is 29.0 Å². The molecule has 1 saturated heterocycles. The number of likely N-dealkylation sites (tertiary alicyclic amines) is 1. The van der Waals surface area contributed by atoms with E-state index in [-0.39, 0.29) is 11.8 Å². The van der Waals surface area contributed by atoms with Gasteiger partial charge in [-0.3, -0.25) is 4.90 Å². The third-order valence-corrected chi connectivity index (χ3v) is 3.66. The van der Waals surface area contributed by atoms with Crippen molar-refractivity contribution in [1.29, 1.82) is 0 Å². The van der Waals surface area contributed by atoms with E-state index in [1.54, 1.807) is 6.20 Å². The molecule has 0 saturated carbocycles. The fraction of sp³-hybridized carbons (Fsp3) is 0.692. The number of hydrogen-bond acceptors (Lipinski definition) is 3. The normalized spacial score (nSPS) is 25.0. The van der Waals surface area contributed by atoms with Crippen LogP contribution in [-0.2, 0) is 6.54 Å². The summed E-state index contributed by atoms with van der Waals surface area (Å²) in [6, 6.07) is 0. The van der Waals surface area contributed by atoms with Crippen molar-refractivity contribution in [1.82, 2.24) is 14.9 Å². The molecule has 18 heavy (non-hydrogen) atoms. The molecule has 0 aromatic carbocycles. The van der Waals surface area contributed by atoms with Crippen LogP contribution in [0.25, 0.3) is 0 Å². The summed E-state index contributed by atoms with van der Waals surface area (Å²) in [5, 5.41) is 0.490. The Morgan fingerprint density at radius 2 is 2.22 bits per heavy atom. The molecule has 1 aliphatic heterocycles. The van der Waals surface area contributed by atoms with Crippen molar-refractivity contribution < 1.29 is 4.39 Å². The molecule has 1 unspecified atom stereocenters. The van der Waals surface area contributed by atoms with E-state index in [0.29, 0.717) is 18.2 Å². The minimum absolute atomic E-state index is 0.0969. The third-order valence-electron chi connectivity index (χ3n) is 3.34. The highest BCUT2D eigenvalue weighted by Gasteiger charge is 2.29. The molecule has 2 heterocycles. The Morgan fingerprint density at radius 3 is 2.72 bits per heavy atom. The lowest BCUT2D eigenvalue weighted by Crippen LogP contribution is -2.21. The fourth-order valence-electron chi connectivity index (χ4n) is 2.18. The molecule has 2 atom stereocenters. The van der Waals surface area contributed by atoms with Crippen molar-refractivity contribution in [3.05, 3.63) is 22.7 Å². The molecule has 0 bridgehead atoms. The van der Waals surface area contributed by atoms with Gasteiger partial charge in [-0.05, 0) is 0 Å². The van der Waals surface area contributed by atoms with Crippen LogP contribution in [0.3, 0.4) is 0 Å². The zero-order valence-corrected chi connectivity index (χ0v) is 11.8. The smallest absolute Gasteiger partial charge is 0.137 e. The zero-order chi connectivity index (χ0) is 13.3. The summed E-state index contributed by atoms with van der Waals surface area (Å²) in [5.41, 5.74) is 0.877. The Labute approximate surface area is 112 Å². The van der Waals surface area contributed by atoms with E-state index in [1.165, 1.54) is 0 Å². The highest BCUT2D eigenvalue weighted by atomic mass is 35.5. The standard InChI is InChI=1S/C13H19ClFN3/c1-8(2)13-16-4-10(12(14)17-13)6-18-5-9(3)11(15)7-18/h4,8-9,11H,5-7H2,1-3H3/t9-,11?/m1/s1. The maximum atomic E-state index is 13.4. The van der Waals surface area contributed by atoms with Gasteiger partial charge in [0.05, 0.1) is 0 Å². The van der Waals surface area contributed by atoms with E-state index in [2.05, 4.69) is 14.9 Å². The maximum Gasteiger partial charge on any atom is 0.137 e. The van der Waals surface area contributed by atoms with Crippen molar-refractivity contribution in [2.24, 2.45) is 5.92 Å². The van der Waals surface area contributed by atoms with Crippen molar-refractivity contribution in [2.45, 2.75) is 39.4 Å². The molecule has 5 heteroatoms. The predicted octanol–water partition coefficient (Wildman–Crippen LogP) is 3.04. The van der Waals surface area contributed by atoms with Crippen LogP contribution in [-0.4, -0.2) is 34.1 Å². The van der Waals surface area contributed by atoms with Crippen LogP contribution in [0.5, 0.6) is 0 Å². The number of halogens is 2. The summed E-state index contributed by atoms with van der Waals surface area (Å²) in [5.74, 6) is 1.11. The second-order valence-corrected chi connectivity index (χ2v) is 5.74. The van der Waals surface area contributed by atoms with Gasteiger partial charge in [-0.2, -0.15) is 0 Å². The molecule has 2 rings (SSSR count). The fourth-order valence-corrected chi connectivity index (χ4v) is 2.37. The second kappa shape index (κ2) is 5.49. The molecule has 1 aromatic rings. The Morgan fingerprint density at radius 1 is 1.50 bits per heavy atom. The van der Waals surface area contributed by atoms with Gasteiger partial charge >= 0.3 is 0 Å². The van der Waals surface area contributed by atoms with Crippen LogP contribution in [0.4, 0.5) is 4.39 Å². The molecular weight excluding hydrogens is 253 g/mol. The summed E-state index contributed by atoms with van der Waals surface area (Å²) in [7, 11) is 0. The summed E-state index contributed by atoms with van der Waals surface area (Å²) >= 11 is 6.15. The number of alkyl halides is 1. The summed E-state index contributed by atoms with van der Waals surface area (Å²) in [4.78, 5) is 10.7. The molecule has 0 N–H and O–H groups in total. The Kier molecular flexibility index (Phi) is 4.17. The molecule has 0 amide bonds. The number of aromatic nitrogens is 2. The van der Waals surface area contributed by atoms with Gasteiger partial charge in [-0.15, -0.1) is 0 Å². The molecule has 0 spiro atoms. The highest BCUT2D eigenvalue weighted by Crippen LogP contribution is 2.23. The average Bonchev–Trinajstić information content (AvgIpc) is 2.61. The lowest BCUT2D eigenvalue weighted by atomic mass is 10.1. The Hall–Kier alpha value is -0.740. The summed E-state index contributed by atoms with van der Waals surface area (Å²) in [6.07, 6.45) is 1.03. The van der Waals surface area contributed by atoms with E-state index < -0.39 is 6.17 Å². The van der Waals surface area contributed by atoms with Crippen molar-refractivity contribution in [3.8, 4) is 0 Å². The predicted molar refractivity (Wildman–Crippen MR) is 70.5 cm³/mol. The van der Waals surface area contributed by atoms with Gasteiger partial charge in [-0.1, -0.05) is 32.4 Å². The van der Waals surface area contributed by atoms with Gasteiger partial charge in [0.15, 0.2) is 0 Å². The van der Waals surface area contributed by atoms with Gasteiger partial charge in [-0.25, -0.2) is 14.4 Å². The van der Waals surface area contributed by atoms with E-state index in [9.17, 15) is 4.39 Å². The largest absolute Gasteiger partial charge is 0.296 e. The van der Waals surface area contributed by atoms with E-state index in [1.807, 2.05) is 20.8 Å². The minimum atomic E-state index is -0.736. The summed E-state index contributed by atoms with van der Waals surface area (Å²) < 4.78 is 13.4. The first kappa shape index (κ1) is 13.7. The van der Waals surface area contributed by atoms with Gasteiger partial charge < -0.3 is 0 Å². The molecule has 3 nitrogen and oxygen atoms in total. The number of nitrogens with zero attached hydrogens (tertiary/aromatic N) is 3. The van der Waals surface area contributed by atoms with Gasteiger partial charge in [0.2, 0.25) is 0 Å². The first-order chi connectivity index (χ1) is 8.47. The number of hydrogen-bond donors (Lipinski definition) is 0. The molecule has 0 aliphatic carbocycles. The Balaban J connectivity index is 2.06. The van der Waals surface area contributed by atoms with Crippen molar-refractivity contribution in [2.75, 3.05) is 13.1 Å². The van der Waals surface area contributed by atoms with Crippen molar-refractivity contribution >= 4 is 11.6 Å². The van der Waals surface area contributed by atoms with Crippen LogP contribution in [0.2, 0.25) is 5.15 Å². The molecule has 1 fully saturated rings. The average molecular weight is 272 g/mol. The van der Waals surface area contributed by atoms with Crippen LogP contribution in [0.15, 0.2) is 6.20 Å².